The first-order valence-corrected chi connectivity index (χ1v) is 5.54. The summed E-state index contributed by atoms with van der Waals surface area (Å²) in [5, 5.41) is 0. The Bertz CT molecular complexity index is 379. The largest absolute Gasteiger partial charge is 0.485 e. The third-order valence-corrected chi connectivity index (χ3v) is 1.95. The number of carbonyl (C=O) groups excluding carboxylic acids is 1. The average Bonchev–Trinajstić information content (AvgIpc) is 2.36. The van der Waals surface area contributed by atoms with Crippen LogP contribution in [0.1, 0.15) is 12.5 Å². The van der Waals surface area contributed by atoms with Gasteiger partial charge < -0.3 is 15.2 Å². The molecule has 0 spiro atoms. The first-order chi connectivity index (χ1) is 8.27. The molecule has 0 aromatic heterocycles. The minimum absolute atomic E-state index is 0. The summed E-state index contributed by atoms with van der Waals surface area (Å²) in [4.78, 5) is 11.6. The summed E-state index contributed by atoms with van der Waals surface area (Å²) in [5.74, 6) is -0.284. The number of rotatable bonds is 6. The summed E-state index contributed by atoms with van der Waals surface area (Å²) in [7, 11) is 0. The van der Waals surface area contributed by atoms with Crippen LogP contribution in [0.15, 0.2) is 36.1 Å². The Labute approximate surface area is 113 Å². The molecule has 0 saturated carbocycles. The molecule has 5 heteroatoms. The van der Waals surface area contributed by atoms with Crippen LogP contribution in [-0.4, -0.2) is 25.7 Å². The fourth-order valence-corrected chi connectivity index (χ4v) is 1.23. The summed E-state index contributed by atoms with van der Waals surface area (Å²) < 4.78 is 10.2. The van der Waals surface area contributed by atoms with E-state index in [-0.39, 0.29) is 24.8 Å². The van der Waals surface area contributed by atoms with Crippen LogP contribution in [0.3, 0.4) is 0 Å². The molecule has 4 nitrogen and oxygen atoms in total. The Balaban J connectivity index is 0.00000289. The third-order valence-electron chi connectivity index (χ3n) is 1.95. The standard InChI is InChI=1S/C13H17NO3.ClH/c1-2-16-13(15)12(17-9-8-14)10-11-6-4-3-5-7-11;/h3-7,10H,2,8-9,14H2,1H3;1H/b12-10+;. The van der Waals surface area contributed by atoms with Gasteiger partial charge in [0.1, 0.15) is 6.61 Å². The number of halogens is 1. The van der Waals surface area contributed by atoms with E-state index in [1.54, 1.807) is 13.0 Å². The highest BCUT2D eigenvalue weighted by Crippen LogP contribution is 2.09. The molecule has 1 rings (SSSR count). The van der Waals surface area contributed by atoms with Crippen molar-refractivity contribution < 1.29 is 14.3 Å². The van der Waals surface area contributed by atoms with E-state index in [9.17, 15) is 4.79 Å². The van der Waals surface area contributed by atoms with Gasteiger partial charge in [0, 0.05) is 6.54 Å². The Morgan fingerprint density at radius 1 is 1.28 bits per heavy atom. The summed E-state index contributed by atoms with van der Waals surface area (Å²) in [6, 6.07) is 9.44. The lowest BCUT2D eigenvalue weighted by molar-refractivity contribution is -0.142. The van der Waals surface area contributed by atoms with Crippen molar-refractivity contribution in [3.63, 3.8) is 0 Å². The molecule has 2 N–H and O–H groups in total. The van der Waals surface area contributed by atoms with E-state index in [0.29, 0.717) is 13.2 Å². The smallest absolute Gasteiger partial charge is 0.373 e. The summed E-state index contributed by atoms with van der Waals surface area (Å²) in [6.45, 7) is 2.71. The third kappa shape index (κ3) is 5.70. The molecule has 100 valence electrons. The van der Waals surface area contributed by atoms with E-state index in [4.69, 9.17) is 15.2 Å². The van der Waals surface area contributed by atoms with Gasteiger partial charge in [-0.2, -0.15) is 0 Å². The molecule has 1 aromatic rings. The predicted molar refractivity (Wildman–Crippen MR) is 73.3 cm³/mol. The molecule has 0 unspecified atom stereocenters. The van der Waals surface area contributed by atoms with E-state index < -0.39 is 5.97 Å². The zero-order valence-electron chi connectivity index (χ0n) is 10.3. The van der Waals surface area contributed by atoms with Crippen molar-refractivity contribution in [2.24, 2.45) is 5.73 Å². The van der Waals surface area contributed by atoms with Crippen molar-refractivity contribution in [3.8, 4) is 0 Å². The summed E-state index contributed by atoms with van der Waals surface area (Å²) >= 11 is 0. The molecule has 0 bridgehead atoms. The van der Waals surface area contributed by atoms with Crippen LogP contribution in [-0.2, 0) is 14.3 Å². The molecule has 0 fully saturated rings. The van der Waals surface area contributed by atoms with Crippen LogP contribution >= 0.6 is 12.4 Å². The maximum absolute atomic E-state index is 11.6. The van der Waals surface area contributed by atoms with Crippen molar-refractivity contribution in [2.75, 3.05) is 19.8 Å². The molecule has 0 radical (unpaired) electrons. The molecular weight excluding hydrogens is 254 g/mol. The molecule has 0 saturated heterocycles. The number of nitrogens with two attached hydrogens (primary N) is 1. The number of hydrogen-bond acceptors (Lipinski definition) is 4. The van der Waals surface area contributed by atoms with Crippen LogP contribution in [0, 0.1) is 0 Å². The quantitative estimate of drug-likeness (QED) is 0.488. The van der Waals surface area contributed by atoms with Crippen molar-refractivity contribution in [1.82, 2.24) is 0 Å². The topological polar surface area (TPSA) is 61.5 Å². The molecule has 0 atom stereocenters. The van der Waals surface area contributed by atoms with Crippen molar-refractivity contribution in [2.45, 2.75) is 6.92 Å². The van der Waals surface area contributed by atoms with E-state index in [2.05, 4.69) is 0 Å². The Hall–Kier alpha value is -1.52. The fraction of sp³-hybridized carbons (Fsp3) is 0.308. The SMILES string of the molecule is CCOC(=O)/C(=C\c1ccccc1)OCCN.Cl. The van der Waals surface area contributed by atoms with Crippen LogP contribution in [0.4, 0.5) is 0 Å². The Morgan fingerprint density at radius 2 is 1.94 bits per heavy atom. The summed E-state index contributed by atoms with van der Waals surface area (Å²) in [6.07, 6.45) is 1.65. The zero-order chi connectivity index (χ0) is 12.5. The zero-order valence-corrected chi connectivity index (χ0v) is 11.1. The first kappa shape index (κ1) is 16.5. The minimum Gasteiger partial charge on any atom is -0.485 e. The van der Waals surface area contributed by atoms with Crippen LogP contribution < -0.4 is 5.73 Å². The summed E-state index contributed by atoms with van der Waals surface area (Å²) in [5.41, 5.74) is 6.22. The molecule has 0 amide bonds. The highest BCUT2D eigenvalue weighted by molar-refractivity contribution is 5.91. The van der Waals surface area contributed by atoms with E-state index in [1.165, 1.54) is 0 Å². The van der Waals surface area contributed by atoms with Gasteiger partial charge in [0.2, 0.25) is 5.76 Å². The number of esters is 1. The maximum atomic E-state index is 11.6. The van der Waals surface area contributed by atoms with Gasteiger partial charge in [-0.15, -0.1) is 12.4 Å². The van der Waals surface area contributed by atoms with E-state index >= 15 is 0 Å². The van der Waals surface area contributed by atoms with Gasteiger partial charge >= 0.3 is 5.97 Å². The second kappa shape index (κ2) is 9.50. The monoisotopic (exact) mass is 271 g/mol. The van der Waals surface area contributed by atoms with Crippen molar-refractivity contribution in [3.05, 3.63) is 41.7 Å². The number of carbonyl (C=O) groups is 1. The van der Waals surface area contributed by atoms with Crippen LogP contribution in [0.25, 0.3) is 6.08 Å². The Morgan fingerprint density at radius 3 is 2.50 bits per heavy atom. The van der Waals surface area contributed by atoms with Gasteiger partial charge in [-0.3, -0.25) is 0 Å². The maximum Gasteiger partial charge on any atom is 0.373 e. The highest BCUT2D eigenvalue weighted by Gasteiger charge is 2.11. The van der Waals surface area contributed by atoms with Crippen molar-refractivity contribution >= 4 is 24.5 Å². The molecule has 0 heterocycles. The molecule has 0 aliphatic heterocycles. The number of ether oxygens (including phenoxy) is 2. The second-order valence-corrected chi connectivity index (χ2v) is 3.28. The van der Waals surface area contributed by atoms with Crippen LogP contribution in [0.5, 0.6) is 0 Å². The van der Waals surface area contributed by atoms with Crippen molar-refractivity contribution in [1.29, 1.82) is 0 Å². The van der Waals surface area contributed by atoms with Crippen LogP contribution in [0.2, 0.25) is 0 Å². The van der Waals surface area contributed by atoms with Gasteiger partial charge in [-0.25, -0.2) is 4.79 Å². The molecular formula is C13H18ClNO3. The van der Waals surface area contributed by atoms with E-state index in [1.807, 2.05) is 30.3 Å². The number of hydrogen-bond donors (Lipinski definition) is 1. The minimum atomic E-state index is -0.468. The molecule has 0 aliphatic rings. The number of benzene rings is 1. The van der Waals surface area contributed by atoms with E-state index in [0.717, 1.165) is 5.56 Å². The lowest BCUT2D eigenvalue weighted by Crippen LogP contribution is -2.15. The van der Waals surface area contributed by atoms with Gasteiger partial charge in [0.05, 0.1) is 6.61 Å². The molecule has 0 aliphatic carbocycles. The fourth-order valence-electron chi connectivity index (χ4n) is 1.23. The lowest BCUT2D eigenvalue weighted by Gasteiger charge is -2.08. The molecule has 1 aromatic carbocycles. The van der Waals surface area contributed by atoms with Gasteiger partial charge in [0.15, 0.2) is 0 Å². The lowest BCUT2D eigenvalue weighted by atomic mass is 10.2. The normalized spacial score (nSPS) is 10.4. The molecule has 18 heavy (non-hydrogen) atoms. The second-order valence-electron chi connectivity index (χ2n) is 3.28. The van der Waals surface area contributed by atoms with Gasteiger partial charge in [-0.1, -0.05) is 30.3 Å². The average molecular weight is 272 g/mol. The predicted octanol–water partition coefficient (Wildman–Crippen LogP) is 1.99. The highest BCUT2D eigenvalue weighted by atomic mass is 35.5. The Kier molecular flexibility index (Phi) is 8.70. The first-order valence-electron chi connectivity index (χ1n) is 5.54. The van der Waals surface area contributed by atoms with Gasteiger partial charge in [0.25, 0.3) is 0 Å². The van der Waals surface area contributed by atoms with Gasteiger partial charge in [-0.05, 0) is 18.6 Å².